The second-order valence-corrected chi connectivity index (χ2v) is 5.10. The molecule has 1 aromatic rings. The predicted molar refractivity (Wildman–Crippen MR) is 60.0 cm³/mol. The van der Waals surface area contributed by atoms with Gasteiger partial charge in [-0.25, -0.2) is 4.98 Å². The Balaban J connectivity index is 3.16. The molecular weight excluding hydrogens is 226 g/mol. The van der Waals surface area contributed by atoms with Crippen LogP contribution in [0.15, 0.2) is 16.7 Å². The van der Waals surface area contributed by atoms with Gasteiger partial charge in [0.2, 0.25) is 0 Å². The summed E-state index contributed by atoms with van der Waals surface area (Å²) < 4.78 is 0.941. The van der Waals surface area contributed by atoms with Crippen LogP contribution >= 0.6 is 15.9 Å². The summed E-state index contributed by atoms with van der Waals surface area (Å²) in [5.41, 5.74) is 2.62. The fraction of sp³-hybridized carbons (Fsp3) is 0.545. The molecular formula is C11H16BrN. The van der Waals surface area contributed by atoms with Gasteiger partial charge in [0, 0.05) is 11.1 Å². The van der Waals surface area contributed by atoms with E-state index in [4.69, 9.17) is 0 Å². The maximum absolute atomic E-state index is 4.47. The van der Waals surface area contributed by atoms with E-state index >= 15 is 0 Å². The minimum absolute atomic E-state index is 0.133. The molecule has 0 aromatic carbocycles. The summed E-state index contributed by atoms with van der Waals surface area (Å²) in [6.07, 6.45) is 1.06. The Hall–Kier alpha value is -0.370. The van der Waals surface area contributed by atoms with Crippen LogP contribution in [0.25, 0.3) is 0 Å². The van der Waals surface area contributed by atoms with E-state index in [1.807, 2.05) is 0 Å². The van der Waals surface area contributed by atoms with Crippen LogP contribution in [-0.4, -0.2) is 4.98 Å². The Morgan fingerprint density at radius 3 is 2.38 bits per heavy atom. The summed E-state index contributed by atoms with van der Waals surface area (Å²) in [4.78, 5) is 4.47. The number of aryl methyl sites for hydroxylation is 1. The molecule has 0 fully saturated rings. The second-order valence-electron chi connectivity index (χ2n) is 4.29. The van der Waals surface area contributed by atoms with Gasteiger partial charge in [-0.05, 0) is 40.0 Å². The van der Waals surface area contributed by atoms with Crippen molar-refractivity contribution >= 4 is 15.9 Å². The van der Waals surface area contributed by atoms with Crippen LogP contribution in [0.4, 0.5) is 0 Å². The molecule has 1 nitrogen and oxygen atoms in total. The molecule has 0 N–H and O–H groups in total. The maximum atomic E-state index is 4.47. The summed E-state index contributed by atoms with van der Waals surface area (Å²) in [7, 11) is 0. The van der Waals surface area contributed by atoms with E-state index in [-0.39, 0.29) is 5.41 Å². The maximum Gasteiger partial charge on any atom is 0.106 e. The zero-order valence-electron chi connectivity index (χ0n) is 8.69. The van der Waals surface area contributed by atoms with E-state index in [9.17, 15) is 0 Å². The van der Waals surface area contributed by atoms with E-state index in [1.165, 1.54) is 5.56 Å². The normalized spacial score (nSPS) is 11.8. The summed E-state index contributed by atoms with van der Waals surface area (Å²) in [6, 6.07) is 4.26. The smallest absolute Gasteiger partial charge is 0.106 e. The van der Waals surface area contributed by atoms with Crippen LogP contribution < -0.4 is 0 Å². The highest BCUT2D eigenvalue weighted by Gasteiger charge is 2.16. The minimum atomic E-state index is 0.133. The third-order valence-electron chi connectivity index (χ3n) is 2.03. The summed E-state index contributed by atoms with van der Waals surface area (Å²) >= 11 is 3.44. The number of hydrogen-bond donors (Lipinski definition) is 0. The molecule has 13 heavy (non-hydrogen) atoms. The van der Waals surface area contributed by atoms with Crippen LogP contribution in [0.3, 0.4) is 0 Å². The lowest BCUT2D eigenvalue weighted by molar-refractivity contribution is 0.566. The van der Waals surface area contributed by atoms with Gasteiger partial charge in [-0.3, -0.25) is 0 Å². The van der Waals surface area contributed by atoms with E-state index in [2.05, 4.69) is 60.7 Å². The fourth-order valence-electron chi connectivity index (χ4n) is 1.14. The molecule has 0 atom stereocenters. The minimum Gasteiger partial charge on any atom is -0.245 e. The standard InChI is InChI=1S/C11H16BrN/c1-5-8-6-9(11(2,3)4)13-10(12)7-8/h6-7H,5H2,1-4H3. The largest absolute Gasteiger partial charge is 0.245 e. The van der Waals surface area contributed by atoms with Gasteiger partial charge in [0.1, 0.15) is 4.60 Å². The van der Waals surface area contributed by atoms with Crippen molar-refractivity contribution in [2.24, 2.45) is 0 Å². The first-order valence-corrected chi connectivity index (χ1v) is 5.39. The molecule has 0 saturated heterocycles. The Labute approximate surface area is 88.7 Å². The van der Waals surface area contributed by atoms with Gasteiger partial charge in [0.05, 0.1) is 0 Å². The Bertz CT molecular complexity index is 299. The highest BCUT2D eigenvalue weighted by atomic mass is 79.9. The van der Waals surface area contributed by atoms with Crippen LogP contribution in [0, 0.1) is 0 Å². The quantitative estimate of drug-likeness (QED) is 0.684. The molecule has 0 unspecified atom stereocenters. The van der Waals surface area contributed by atoms with Gasteiger partial charge >= 0.3 is 0 Å². The van der Waals surface area contributed by atoms with Gasteiger partial charge in [0.15, 0.2) is 0 Å². The Morgan fingerprint density at radius 1 is 1.31 bits per heavy atom. The van der Waals surface area contributed by atoms with Crippen molar-refractivity contribution in [3.8, 4) is 0 Å². The molecule has 0 spiro atoms. The molecule has 2 heteroatoms. The highest BCUT2D eigenvalue weighted by Crippen LogP contribution is 2.23. The molecule has 0 aliphatic carbocycles. The monoisotopic (exact) mass is 241 g/mol. The van der Waals surface area contributed by atoms with Crippen molar-refractivity contribution in [3.05, 3.63) is 28.0 Å². The molecule has 0 aliphatic rings. The lowest BCUT2D eigenvalue weighted by Crippen LogP contribution is -2.14. The highest BCUT2D eigenvalue weighted by molar-refractivity contribution is 9.10. The average Bonchev–Trinajstić information content (AvgIpc) is 2.01. The lowest BCUT2D eigenvalue weighted by Gasteiger charge is -2.18. The van der Waals surface area contributed by atoms with Crippen molar-refractivity contribution < 1.29 is 0 Å². The molecule has 1 aromatic heterocycles. The molecule has 0 aliphatic heterocycles. The number of rotatable bonds is 1. The summed E-state index contributed by atoms with van der Waals surface area (Å²) in [5.74, 6) is 0. The van der Waals surface area contributed by atoms with E-state index in [0.29, 0.717) is 0 Å². The van der Waals surface area contributed by atoms with E-state index in [1.54, 1.807) is 0 Å². The van der Waals surface area contributed by atoms with Crippen LogP contribution in [-0.2, 0) is 11.8 Å². The zero-order valence-corrected chi connectivity index (χ0v) is 10.3. The second kappa shape index (κ2) is 3.79. The van der Waals surface area contributed by atoms with Crippen molar-refractivity contribution in [3.63, 3.8) is 0 Å². The van der Waals surface area contributed by atoms with Crippen molar-refractivity contribution in [2.45, 2.75) is 39.5 Å². The van der Waals surface area contributed by atoms with Gasteiger partial charge in [-0.1, -0.05) is 27.7 Å². The number of nitrogens with zero attached hydrogens (tertiary/aromatic N) is 1. The van der Waals surface area contributed by atoms with Crippen LogP contribution in [0.5, 0.6) is 0 Å². The molecule has 0 amide bonds. The number of aromatic nitrogens is 1. The zero-order chi connectivity index (χ0) is 10.1. The van der Waals surface area contributed by atoms with Crippen LogP contribution in [0.2, 0.25) is 0 Å². The predicted octanol–water partition coefficient (Wildman–Crippen LogP) is 3.70. The van der Waals surface area contributed by atoms with Crippen molar-refractivity contribution in [1.29, 1.82) is 0 Å². The third kappa shape index (κ3) is 2.80. The molecule has 0 saturated carbocycles. The van der Waals surface area contributed by atoms with Gasteiger partial charge < -0.3 is 0 Å². The SMILES string of the molecule is CCc1cc(Br)nc(C(C)(C)C)c1. The first kappa shape index (κ1) is 10.7. The topological polar surface area (TPSA) is 12.9 Å². The number of pyridine rings is 1. The van der Waals surface area contributed by atoms with Crippen molar-refractivity contribution in [1.82, 2.24) is 4.98 Å². The average molecular weight is 242 g/mol. The first-order valence-electron chi connectivity index (χ1n) is 4.60. The van der Waals surface area contributed by atoms with Gasteiger partial charge in [-0.2, -0.15) is 0 Å². The van der Waals surface area contributed by atoms with Crippen molar-refractivity contribution in [2.75, 3.05) is 0 Å². The van der Waals surface area contributed by atoms with Gasteiger partial charge in [0.25, 0.3) is 0 Å². The first-order chi connectivity index (χ1) is 5.93. The fourth-order valence-corrected chi connectivity index (χ4v) is 1.62. The summed E-state index contributed by atoms with van der Waals surface area (Å²) in [5, 5.41) is 0. The molecule has 0 radical (unpaired) electrons. The Morgan fingerprint density at radius 2 is 1.92 bits per heavy atom. The third-order valence-corrected chi connectivity index (χ3v) is 2.44. The Kier molecular flexibility index (Phi) is 3.12. The van der Waals surface area contributed by atoms with Crippen LogP contribution in [0.1, 0.15) is 39.0 Å². The molecule has 72 valence electrons. The number of halogens is 1. The molecule has 0 bridgehead atoms. The lowest BCUT2D eigenvalue weighted by atomic mass is 9.90. The van der Waals surface area contributed by atoms with E-state index < -0.39 is 0 Å². The number of hydrogen-bond acceptors (Lipinski definition) is 1. The summed E-state index contributed by atoms with van der Waals surface area (Å²) in [6.45, 7) is 8.71. The van der Waals surface area contributed by atoms with Gasteiger partial charge in [-0.15, -0.1) is 0 Å². The molecule has 1 rings (SSSR count). The molecule has 1 heterocycles. The van der Waals surface area contributed by atoms with E-state index in [0.717, 1.165) is 16.7 Å².